The topological polar surface area (TPSA) is 75.7 Å². The van der Waals surface area contributed by atoms with Crippen molar-refractivity contribution in [2.45, 2.75) is 30.7 Å². The van der Waals surface area contributed by atoms with E-state index in [1.54, 1.807) is 37.4 Å². The summed E-state index contributed by atoms with van der Waals surface area (Å²) in [6.45, 7) is 2.53. The fourth-order valence-corrected chi connectivity index (χ4v) is 5.09. The van der Waals surface area contributed by atoms with E-state index < -0.39 is 10.0 Å². The molecule has 1 amide bonds. The molecule has 150 valence electrons. The fourth-order valence-electron chi connectivity index (χ4n) is 3.55. The maximum absolute atomic E-state index is 12.9. The van der Waals surface area contributed by atoms with Gasteiger partial charge in [0.15, 0.2) is 0 Å². The van der Waals surface area contributed by atoms with Gasteiger partial charge in [-0.25, -0.2) is 8.42 Å². The van der Waals surface area contributed by atoms with Crippen LogP contribution in [0.15, 0.2) is 59.5 Å². The fraction of sp³-hybridized carbons (Fsp3) is 0.381. The monoisotopic (exact) mass is 402 g/mol. The number of benzene rings is 2. The van der Waals surface area contributed by atoms with Gasteiger partial charge in [-0.1, -0.05) is 36.4 Å². The maximum atomic E-state index is 12.9. The first-order chi connectivity index (χ1) is 13.4. The first kappa shape index (κ1) is 20.4. The summed E-state index contributed by atoms with van der Waals surface area (Å²) in [7, 11) is -1.99. The second-order valence-electron chi connectivity index (χ2n) is 6.99. The maximum Gasteiger partial charge on any atom is 0.243 e. The highest BCUT2D eigenvalue weighted by Gasteiger charge is 2.33. The number of ether oxygens (including phenoxy) is 1. The van der Waals surface area contributed by atoms with Crippen LogP contribution in [0.4, 0.5) is 0 Å². The molecule has 2 aromatic rings. The number of nitrogens with zero attached hydrogens (tertiary/aromatic N) is 1. The summed E-state index contributed by atoms with van der Waals surface area (Å²) in [6, 6.07) is 15.7. The molecule has 1 aliphatic rings. The van der Waals surface area contributed by atoms with Gasteiger partial charge in [0, 0.05) is 18.7 Å². The van der Waals surface area contributed by atoms with Crippen molar-refractivity contribution >= 4 is 15.9 Å². The van der Waals surface area contributed by atoms with E-state index in [1.165, 1.54) is 4.31 Å². The van der Waals surface area contributed by atoms with Crippen molar-refractivity contribution in [3.8, 4) is 5.75 Å². The molecule has 0 aromatic heterocycles. The van der Waals surface area contributed by atoms with Crippen LogP contribution in [0, 0.1) is 5.92 Å². The Hall–Kier alpha value is -2.38. The van der Waals surface area contributed by atoms with Gasteiger partial charge in [0.25, 0.3) is 0 Å². The highest BCUT2D eigenvalue weighted by atomic mass is 32.2. The van der Waals surface area contributed by atoms with Crippen LogP contribution in [-0.2, 0) is 14.8 Å². The van der Waals surface area contributed by atoms with Crippen molar-refractivity contribution in [1.29, 1.82) is 0 Å². The first-order valence-electron chi connectivity index (χ1n) is 9.42. The molecule has 1 fully saturated rings. The van der Waals surface area contributed by atoms with Gasteiger partial charge in [-0.3, -0.25) is 4.79 Å². The SMILES string of the molecule is COc1ccccc1C(C)NC(=O)C1CCCN(S(=O)(=O)c2ccccc2)C1. The van der Waals surface area contributed by atoms with Crippen LogP contribution in [0.1, 0.15) is 31.4 Å². The molecule has 1 aliphatic heterocycles. The third-order valence-corrected chi connectivity index (χ3v) is 6.98. The van der Waals surface area contributed by atoms with Crippen LogP contribution in [-0.4, -0.2) is 38.8 Å². The highest BCUT2D eigenvalue weighted by Crippen LogP contribution is 2.27. The number of nitrogens with one attached hydrogen (secondary N) is 1. The van der Waals surface area contributed by atoms with Gasteiger partial charge < -0.3 is 10.1 Å². The average Bonchev–Trinajstić information content (AvgIpc) is 2.74. The van der Waals surface area contributed by atoms with Crippen molar-refractivity contribution in [3.63, 3.8) is 0 Å². The number of sulfonamides is 1. The van der Waals surface area contributed by atoms with E-state index in [0.717, 1.165) is 5.56 Å². The van der Waals surface area contributed by atoms with Gasteiger partial charge in [-0.15, -0.1) is 0 Å². The van der Waals surface area contributed by atoms with Crippen molar-refractivity contribution < 1.29 is 17.9 Å². The molecule has 1 N–H and O–H groups in total. The summed E-state index contributed by atoms with van der Waals surface area (Å²) in [6.07, 6.45) is 1.33. The minimum absolute atomic E-state index is 0.133. The zero-order valence-electron chi connectivity index (χ0n) is 16.2. The van der Waals surface area contributed by atoms with Crippen molar-refractivity contribution in [2.24, 2.45) is 5.92 Å². The van der Waals surface area contributed by atoms with Gasteiger partial charge in [-0.05, 0) is 38.0 Å². The summed E-state index contributed by atoms with van der Waals surface area (Å²) in [5.74, 6) is 0.211. The average molecular weight is 403 g/mol. The molecule has 0 saturated carbocycles. The Morgan fingerprint density at radius 2 is 1.82 bits per heavy atom. The number of carbonyl (C=O) groups excluding carboxylic acids is 1. The number of amides is 1. The van der Waals surface area contributed by atoms with E-state index in [-0.39, 0.29) is 29.3 Å². The second kappa shape index (κ2) is 8.75. The van der Waals surface area contributed by atoms with Gasteiger partial charge in [0.1, 0.15) is 5.75 Å². The van der Waals surface area contributed by atoms with E-state index in [2.05, 4.69) is 5.32 Å². The molecule has 28 heavy (non-hydrogen) atoms. The van der Waals surface area contributed by atoms with E-state index in [1.807, 2.05) is 31.2 Å². The third kappa shape index (κ3) is 4.36. The molecule has 2 atom stereocenters. The van der Waals surface area contributed by atoms with Crippen LogP contribution in [0.5, 0.6) is 5.75 Å². The van der Waals surface area contributed by atoms with Crippen LogP contribution < -0.4 is 10.1 Å². The second-order valence-corrected chi connectivity index (χ2v) is 8.93. The number of para-hydroxylation sites is 1. The molecule has 1 saturated heterocycles. The third-order valence-electron chi connectivity index (χ3n) is 5.10. The summed E-state index contributed by atoms with van der Waals surface area (Å²) >= 11 is 0. The van der Waals surface area contributed by atoms with Gasteiger partial charge in [-0.2, -0.15) is 4.31 Å². The zero-order valence-corrected chi connectivity index (χ0v) is 17.0. The standard InChI is InChI=1S/C21H26N2O4S/c1-16(19-12-6-7-13-20(19)27-2)22-21(24)17-9-8-14-23(15-17)28(25,26)18-10-4-3-5-11-18/h3-7,10-13,16-17H,8-9,14-15H2,1-2H3,(H,22,24). The minimum Gasteiger partial charge on any atom is -0.496 e. The minimum atomic E-state index is -3.59. The predicted octanol–water partition coefficient (Wildman–Crippen LogP) is 2.97. The lowest BCUT2D eigenvalue weighted by molar-refractivity contribution is -0.126. The molecular formula is C21H26N2O4S. The largest absolute Gasteiger partial charge is 0.496 e. The summed E-state index contributed by atoms with van der Waals surface area (Å²) in [4.78, 5) is 13.1. The quantitative estimate of drug-likeness (QED) is 0.806. The lowest BCUT2D eigenvalue weighted by Gasteiger charge is -2.32. The van der Waals surface area contributed by atoms with Crippen molar-refractivity contribution in [3.05, 3.63) is 60.2 Å². The normalized spacial score (nSPS) is 19.0. The highest BCUT2D eigenvalue weighted by molar-refractivity contribution is 7.89. The Labute approximate surface area is 166 Å². The van der Waals surface area contributed by atoms with E-state index in [9.17, 15) is 13.2 Å². The van der Waals surface area contributed by atoms with Crippen LogP contribution in [0.25, 0.3) is 0 Å². The Morgan fingerprint density at radius 1 is 1.14 bits per heavy atom. The van der Waals surface area contributed by atoms with Crippen LogP contribution in [0.3, 0.4) is 0 Å². The Kier molecular flexibility index (Phi) is 6.36. The van der Waals surface area contributed by atoms with Crippen molar-refractivity contribution in [1.82, 2.24) is 9.62 Å². The number of methoxy groups -OCH3 is 1. The molecule has 2 aromatic carbocycles. The molecule has 0 bridgehead atoms. The summed E-state index contributed by atoms with van der Waals surface area (Å²) in [5, 5.41) is 3.01. The number of rotatable bonds is 6. The smallest absolute Gasteiger partial charge is 0.243 e. The lowest BCUT2D eigenvalue weighted by atomic mass is 9.97. The first-order valence-corrected chi connectivity index (χ1v) is 10.9. The van der Waals surface area contributed by atoms with Gasteiger partial charge in [0.05, 0.1) is 24.0 Å². The van der Waals surface area contributed by atoms with Gasteiger partial charge in [0.2, 0.25) is 15.9 Å². The summed E-state index contributed by atoms with van der Waals surface area (Å²) < 4.78 is 32.5. The Morgan fingerprint density at radius 3 is 2.54 bits per heavy atom. The molecular weight excluding hydrogens is 376 g/mol. The number of piperidine rings is 1. The lowest BCUT2D eigenvalue weighted by Crippen LogP contribution is -2.45. The Bertz CT molecular complexity index is 915. The number of carbonyl (C=O) groups is 1. The number of hydrogen-bond donors (Lipinski definition) is 1. The van der Waals surface area contributed by atoms with E-state index in [0.29, 0.717) is 25.1 Å². The summed E-state index contributed by atoms with van der Waals surface area (Å²) in [5.41, 5.74) is 0.892. The molecule has 7 heteroatoms. The molecule has 0 radical (unpaired) electrons. The number of hydrogen-bond acceptors (Lipinski definition) is 4. The van der Waals surface area contributed by atoms with E-state index >= 15 is 0 Å². The molecule has 1 heterocycles. The van der Waals surface area contributed by atoms with Crippen LogP contribution >= 0.6 is 0 Å². The zero-order chi connectivity index (χ0) is 20.1. The van der Waals surface area contributed by atoms with E-state index in [4.69, 9.17) is 4.74 Å². The Balaban J connectivity index is 1.69. The van der Waals surface area contributed by atoms with Crippen LogP contribution in [0.2, 0.25) is 0 Å². The molecule has 6 nitrogen and oxygen atoms in total. The predicted molar refractivity (Wildman–Crippen MR) is 107 cm³/mol. The van der Waals surface area contributed by atoms with Crippen molar-refractivity contribution in [2.75, 3.05) is 20.2 Å². The molecule has 0 aliphatic carbocycles. The molecule has 3 rings (SSSR count). The molecule has 2 unspecified atom stereocenters. The van der Waals surface area contributed by atoms with Gasteiger partial charge >= 0.3 is 0 Å². The molecule has 0 spiro atoms.